The highest BCUT2D eigenvalue weighted by Gasteiger charge is 2.04. The molecule has 0 bridgehead atoms. The van der Waals surface area contributed by atoms with Gasteiger partial charge in [0, 0.05) is 32.4 Å². The van der Waals surface area contributed by atoms with Crippen LogP contribution in [0.25, 0.3) is 0 Å². The third-order valence-electron chi connectivity index (χ3n) is 3.45. The van der Waals surface area contributed by atoms with Gasteiger partial charge < -0.3 is 10.2 Å². The quantitative estimate of drug-likeness (QED) is 0.752. The predicted molar refractivity (Wildman–Crippen MR) is 81.2 cm³/mol. The van der Waals surface area contributed by atoms with Crippen LogP contribution in [0.5, 0.6) is 0 Å². The van der Waals surface area contributed by atoms with Crippen molar-refractivity contribution in [3.8, 4) is 0 Å². The van der Waals surface area contributed by atoms with Crippen molar-refractivity contribution in [3.05, 3.63) is 29.8 Å². The minimum absolute atomic E-state index is 0.665. The maximum Gasteiger partial charge on any atom is 0.0361 e. The second-order valence-electron chi connectivity index (χ2n) is 5.19. The van der Waals surface area contributed by atoms with Crippen molar-refractivity contribution < 1.29 is 0 Å². The van der Waals surface area contributed by atoms with Crippen LogP contribution in [0, 0.1) is 0 Å². The summed E-state index contributed by atoms with van der Waals surface area (Å²) in [6, 6.07) is 9.47. The summed E-state index contributed by atoms with van der Waals surface area (Å²) in [6.07, 6.45) is 5.12. The fourth-order valence-electron chi connectivity index (χ4n) is 2.08. The second-order valence-corrected chi connectivity index (χ2v) is 5.19. The maximum atomic E-state index is 3.66. The Morgan fingerprint density at radius 2 is 1.78 bits per heavy atom. The summed E-state index contributed by atoms with van der Waals surface area (Å²) in [5.41, 5.74) is 2.63. The van der Waals surface area contributed by atoms with Crippen LogP contribution in [0.15, 0.2) is 24.3 Å². The Labute approximate surface area is 112 Å². The molecule has 0 saturated heterocycles. The number of nitrogens with zero attached hydrogens (tertiary/aromatic N) is 1. The van der Waals surface area contributed by atoms with E-state index >= 15 is 0 Å². The molecule has 0 heterocycles. The van der Waals surface area contributed by atoms with Crippen molar-refractivity contribution >= 4 is 5.69 Å². The Morgan fingerprint density at radius 1 is 1.11 bits per heavy atom. The number of hydrogen-bond acceptors (Lipinski definition) is 2. The number of benzene rings is 1. The molecule has 1 atom stereocenters. The molecule has 0 saturated carbocycles. The molecule has 1 rings (SSSR count). The van der Waals surface area contributed by atoms with Crippen LogP contribution in [0.3, 0.4) is 0 Å². The van der Waals surface area contributed by atoms with Crippen molar-refractivity contribution in [2.75, 3.05) is 19.0 Å². The minimum Gasteiger partial charge on any atom is -0.378 e. The van der Waals surface area contributed by atoms with E-state index in [4.69, 9.17) is 0 Å². The molecule has 1 aromatic carbocycles. The largest absolute Gasteiger partial charge is 0.378 e. The lowest BCUT2D eigenvalue weighted by atomic mass is 10.1. The van der Waals surface area contributed by atoms with E-state index in [2.05, 4.69) is 62.4 Å². The van der Waals surface area contributed by atoms with Crippen LogP contribution in [0.2, 0.25) is 0 Å². The summed E-state index contributed by atoms with van der Waals surface area (Å²) in [5.74, 6) is 0. The van der Waals surface area contributed by atoms with E-state index in [-0.39, 0.29) is 0 Å². The lowest BCUT2D eigenvalue weighted by Crippen LogP contribution is -2.27. The van der Waals surface area contributed by atoms with Gasteiger partial charge in [0.05, 0.1) is 0 Å². The molecule has 1 unspecified atom stereocenters. The van der Waals surface area contributed by atoms with E-state index in [0.717, 1.165) is 6.54 Å². The highest BCUT2D eigenvalue weighted by Crippen LogP contribution is 2.12. The molecule has 0 aliphatic rings. The molecule has 1 N–H and O–H groups in total. The third-order valence-corrected chi connectivity index (χ3v) is 3.45. The molecule has 102 valence electrons. The standard InChI is InChI=1S/C16H28N2/c1-5-7-8-15(6-2)17-13-14-9-11-16(12-10-14)18(3)4/h9-12,15,17H,5-8,13H2,1-4H3. The molecule has 0 fully saturated rings. The number of nitrogens with one attached hydrogen (secondary N) is 1. The van der Waals surface area contributed by atoms with E-state index < -0.39 is 0 Å². The number of hydrogen-bond donors (Lipinski definition) is 1. The molecule has 18 heavy (non-hydrogen) atoms. The topological polar surface area (TPSA) is 15.3 Å². The third kappa shape index (κ3) is 5.09. The summed E-state index contributed by atoms with van der Waals surface area (Å²) in [6.45, 7) is 5.51. The van der Waals surface area contributed by atoms with Gasteiger partial charge in [-0.3, -0.25) is 0 Å². The molecule has 1 aromatic rings. The van der Waals surface area contributed by atoms with Crippen molar-refractivity contribution in [2.24, 2.45) is 0 Å². The van der Waals surface area contributed by atoms with Crippen molar-refractivity contribution in [1.82, 2.24) is 5.32 Å². The van der Waals surface area contributed by atoms with Gasteiger partial charge in [-0.05, 0) is 30.5 Å². The molecule has 0 spiro atoms. The molecule has 0 radical (unpaired) electrons. The molecule has 0 aliphatic carbocycles. The van der Waals surface area contributed by atoms with Crippen molar-refractivity contribution in [2.45, 2.75) is 52.1 Å². The highest BCUT2D eigenvalue weighted by atomic mass is 15.1. The average Bonchev–Trinajstić information content (AvgIpc) is 2.39. The molecule has 2 nitrogen and oxygen atoms in total. The maximum absolute atomic E-state index is 3.66. The van der Waals surface area contributed by atoms with E-state index in [1.54, 1.807) is 0 Å². The van der Waals surface area contributed by atoms with Crippen LogP contribution in [0.1, 0.15) is 45.1 Å². The van der Waals surface area contributed by atoms with Crippen LogP contribution >= 0.6 is 0 Å². The zero-order valence-electron chi connectivity index (χ0n) is 12.4. The SMILES string of the molecule is CCCCC(CC)NCc1ccc(N(C)C)cc1. The van der Waals surface area contributed by atoms with E-state index in [1.165, 1.54) is 36.9 Å². The summed E-state index contributed by atoms with van der Waals surface area (Å²) in [7, 11) is 4.15. The first-order valence-electron chi connectivity index (χ1n) is 7.17. The molecule has 0 aliphatic heterocycles. The van der Waals surface area contributed by atoms with E-state index in [9.17, 15) is 0 Å². The smallest absolute Gasteiger partial charge is 0.0361 e. The Hall–Kier alpha value is -1.02. The normalized spacial score (nSPS) is 12.4. The van der Waals surface area contributed by atoms with Crippen molar-refractivity contribution in [3.63, 3.8) is 0 Å². The lowest BCUT2D eigenvalue weighted by molar-refractivity contribution is 0.452. The van der Waals surface area contributed by atoms with Crippen LogP contribution in [-0.2, 0) is 6.54 Å². The van der Waals surface area contributed by atoms with Crippen molar-refractivity contribution in [1.29, 1.82) is 0 Å². The lowest BCUT2D eigenvalue weighted by Gasteiger charge is -2.17. The summed E-state index contributed by atoms with van der Waals surface area (Å²) in [5, 5.41) is 3.66. The molecular weight excluding hydrogens is 220 g/mol. The Kier molecular flexibility index (Phi) is 6.81. The van der Waals surface area contributed by atoms with Gasteiger partial charge in [-0.2, -0.15) is 0 Å². The van der Waals surface area contributed by atoms with Gasteiger partial charge >= 0.3 is 0 Å². The fourth-order valence-corrected chi connectivity index (χ4v) is 2.08. The fraction of sp³-hybridized carbons (Fsp3) is 0.625. The second kappa shape index (κ2) is 8.15. The number of rotatable bonds is 8. The number of anilines is 1. The van der Waals surface area contributed by atoms with Gasteiger partial charge in [0.15, 0.2) is 0 Å². The summed E-state index contributed by atoms with van der Waals surface area (Å²) in [4.78, 5) is 2.13. The first kappa shape index (κ1) is 15.0. The zero-order chi connectivity index (χ0) is 13.4. The van der Waals surface area contributed by atoms with E-state index in [1.807, 2.05) is 0 Å². The van der Waals surface area contributed by atoms with Crippen LogP contribution in [0.4, 0.5) is 5.69 Å². The molecule has 2 heteroatoms. The first-order valence-corrected chi connectivity index (χ1v) is 7.17. The molecular formula is C16H28N2. The summed E-state index contributed by atoms with van der Waals surface area (Å²) < 4.78 is 0. The first-order chi connectivity index (χ1) is 8.67. The van der Waals surface area contributed by atoms with E-state index in [0.29, 0.717) is 6.04 Å². The van der Waals surface area contributed by atoms with Gasteiger partial charge in [0.25, 0.3) is 0 Å². The Bertz CT molecular complexity index is 316. The summed E-state index contributed by atoms with van der Waals surface area (Å²) >= 11 is 0. The highest BCUT2D eigenvalue weighted by molar-refractivity contribution is 5.45. The molecule has 0 amide bonds. The Morgan fingerprint density at radius 3 is 2.28 bits per heavy atom. The van der Waals surface area contributed by atoms with Gasteiger partial charge in [-0.1, -0.05) is 38.8 Å². The monoisotopic (exact) mass is 248 g/mol. The van der Waals surface area contributed by atoms with Gasteiger partial charge in [0.1, 0.15) is 0 Å². The van der Waals surface area contributed by atoms with Gasteiger partial charge in [0.2, 0.25) is 0 Å². The van der Waals surface area contributed by atoms with Crippen LogP contribution < -0.4 is 10.2 Å². The molecule has 0 aromatic heterocycles. The minimum atomic E-state index is 0.665. The number of unbranched alkanes of at least 4 members (excludes halogenated alkanes) is 1. The Balaban J connectivity index is 2.42. The zero-order valence-corrected chi connectivity index (χ0v) is 12.4. The van der Waals surface area contributed by atoms with Gasteiger partial charge in [-0.25, -0.2) is 0 Å². The average molecular weight is 248 g/mol. The van der Waals surface area contributed by atoms with Gasteiger partial charge in [-0.15, -0.1) is 0 Å². The van der Waals surface area contributed by atoms with Crippen LogP contribution in [-0.4, -0.2) is 20.1 Å². The predicted octanol–water partition coefficient (Wildman–Crippen LogP) is 3.81.